The summed E-state index contributed by atoms with van der Waals surface area (Å²) < 4.78 is 19.7. The summed E-state index contributed by atoms with van der Waals surface area (Å²) in [6.07, 6.45) is 0. The smallest absolute Gasteiger partial charge is 0.143 e. The molecule has 2 aromatic rings. The molecule has 0 fully saturated rings. The third kappa shape index (κ3) is 1.98. The van der Waals surface area contributed by atoms with Crippen LogP contribution in [0.3, 0.4) is 0 Å². The van der Waals surface area contributed by atoms with Crippen LogP contribution in [0.5, 0.6) is 5.75 Å². The Morgan fingerprint density at radius 2 is 2.19 bits per heavy atom. The van der Waals surface area contributed by atoms with Crippen LogP contribution in [0.2, 0.25) is 0 Å². The first-order valence-corrected chi connectivity index (χ1v) is 6.09. The second-order valence-electron chi connectivity index (χ2n) is 3.43. The van der Waals surface area contributed by atoms with Gasteiger partial charge in [0.15, 0.2) is 0 Å². The van der Waals surface area contributed by atoms with Gasteiger partial charge in [0.2, 0.25) is 0 Å². The van der Waals surface area contributed by atoms with E-state index in [1.165, 1.54) is 12.1 Å². The van der Waals surface area contributed by atoms with Crippen LogP contribution in [0.1, 0.15) is 12.6 Å². The van der Waals surface area contributed by atoms with Gasteiger partial charge in [-0.15, -0.1) is 0 Å². The maximum absolute atomic E-state index is 13.2. The number of hydrogen-bond acceptors (Lipinski definition) is 2. The molecule has 0 aliphatic heterocycles. The number of aryl methyl sites for hydroxylation is 1. The van der Waals surface area contributed by atoms with E-state index in [0.717, 1.165) is 25.9 Å². The van der Waals surface area contributed by atoms with Gasteiger partial charge in [0, 0.05) is 5.39 Å². The molecule has 0 atom stereocenters. The van der Waals surface area contributed by atoms with Crippen molar-refractivity contribution in [3.63, 3.8) is 0 Å². The molecule has 1 heterocycles. The predicted octanol–water partition coefficient (Wildman–Crippen LogP) is 3.69. The van der Waals surface area contributed by atoms with Crippen LogP contribution in [0.15, 0.2) is 18.2 Å². The van der Waals surface area contributed by atoms with Gasteiger partial charge >= 0.3 is 0 Å². The molecule has 0 unspecified atom stereocenters. The van der Waals surface area contributed by atoms with Crippen LogP contribution in [0, 0.1) is 16.3 Å². The predicted molar refractivity (Wildman–Crippen MR) is 70.3 cm³/mol. The molecule has 2 rings (SSSR count). The highest BCUT2D eigenvalue weighted by atomic mass is 127. The average Bonchev–Trinajstić information content (AvgIpc) is 2.26. The largest absolute Gasteiger partial charge is 0.492 e. The van der Waals surface area contributed by atoms with E-state index in [4.69, 9.17) is 4.74 Å². The lowest BCUT2D eigenvalue weighted by Gasteiger charge is -2.11. The van der Waals surface area contributed by atoms with Gasteiger partial charge in [0.05, 0.1) is 21.4 Å². The third-order valence-electron chi connectivity index (χ3n) is 2.30. The fourth-order valence-corrected chi connectivity index (χ4v) is 2.15. The Morgan fingerprint density at radius 1 is 1.44 bits per heavy atom. The highest BCUT2D eigenvalue weighted by molar-refractivity contribution is 14.1. The quantitative estimate of drug-likeness (QED) is 0.783. The average molecular weight is 331 g/mol. The van der Waals surface area contributed by atoms with E-state index in [2.05, 4.69) is 27.6 Å². The van der Waals surface area contributed by atoms with Gasteiger partial charge in [0.1, 0.15) is 11.6 Å². The van der Waals surface area contributed by atoms with Crippen molar-refractivity contribution < 1.29 is 9.13 Å². The van der Waals surface area contributed by atoms with Gasteiger partial charge in [-0.3, -0.25) is 4.98 Å². The maximum Gasteiger partial charge on any atom is 0.143 e. The van der Waals surface area contributed by atoms with E-state index in [1.807, 2.05) is 13.8 Å². The third-order valence-corrected chi connectivity index (χ3v) is 3.57. The van der Waals surface area contributed by atoms with E-state index < -0.39 is 0 Å². The number of nitrogens with zero attached hydrogens (tertiary/aromatic N) is 1. The Bertz CT molecular complexity index is 542. The Balaban J connectivity index is 2.79. The van der Waals surface area contributed by atoms with Crippen LogP contribution in [0.4, 0.5) is 4.39 Å². The van der Waals surface area contributed by atoms with E-state index in [-0.39, 0.29) is 5.82 Å². The molecule has 1 aromatic carbocycles. The summed E-state index contributed by atoms with van der Waals surface area (Å²) >= 11 is 2.18. The van der Waals surface area contributed by atoms with Crippen LogP contribution < -0.4 is 4.74 Å². The Labute approximate surface area is 107 Å². The standard InChI is InChI=1S/C12H11FINO/c1-3-16-12-9-6-8(13)4-5-10(9)15-7(2)11(12)14/h4-6H,3H2,1-2H3. The van der Waals surface area contributed by atoms with Crippen LogP contribution >= 0.6 is 22.6 Å². The molecule has 0 bridgehead atoms. The summed E-state index contributed by atoms with van der Waals surface area (Å²) in [6.45, 7) is 4.40. The molecule has 0 amide bonds. The number of rotatable bonds is 2. The van der Waals surface area contributed by atoms with Crippen molar-refractivity contribution in [3.05, 3.63) is 33.3 Å². The molecular formula is C12H11FINO. The molecule has 1 aromatic heterocycles. The summed E-state index contributed by atoms with van der Waals surface area (Å²) in [5.74, 6) is 0.458. The molecule has 0 saturated heterocycles. The number of ether oxygens (including phenoxy) is 1. The number of aromatic nitrogens is 1. The lowest BCUT2D eigenvalue weighted by molar-refractivity contribution is 0.341. The SMILES string of the molecule is CCOc1c(I)c(C)nc2ccc(F)cc12. The van der Waals surface area contributed by atoms with Gasteiger partial charge in [0.25, 0.3) is 0 Å². The summed E-state index contributed by atoms with van der Waals surface area (Å²) in [6, 6.07) is 4.56. The zero-order valence-electron chi connectivity index (χ0n) is 9.05. The zero-order chi connectivity index (χ0) is 11.7. The van der Waals surface area contributed by atoms with Crippen molar-refractivity contribution in [2.75, 3.05) is 6.61 Å². The minimum atomic E-state index is -0.269. The molecule has 16 heavy (non-hydrogen) atoms. The van der Waals surface area contributed by atoms with Gasteiger partial charge in [-0.2, -0.15) is 0 Å². The topological polar surface area (TPSA) is 22.1 Å². The van der Waals surface area contributed by atoms with Gasteiger partial charge < -0.3 is 4.74 Å². The van der Waals surface area contributed by atoms with Gasteiger partial charge in [-0.05, 0) is 54.6 Å². The zero-order valence-corrected chi connectivity index (χ0v) is 11.2. The minimum Gasteiger partial charge on any atom is -0.492 e. The number of benzene rings is 1. The monoisotopic (exact) mass is 331 g/mol. The number of pyridine rings is 1. The Kier molecular flexibility index (Phi) is 3.28. The second-order valence-corrected chi connectivity index (χ2v) is 4.51. The molecule has 0 spiro atoms. The first-order chi connectivity index (χ1) is 7.63. The lowest BCUT2D eigenvalue weighted by atomic mass is 10.2. The summed E-state index contributed by atoms with van der Waals surface area (Å²) in [4.78, 5) is 4.41. The summed E-state index contributed by atoms with van der Waals surface area (Å²) in [7, 11) is 0. The highest BCUT2D eigenvalue weighted by Gasteiger charge is 2.12. The van der Waals surface area contributed by atoms with Crippen molar-refractivity contribution in [2.45, 2.75) is 13.8 Å². The Morgan fingerprint density at radius 3 is 2.88 bits per heavy atom. The molecule has 0 aliphatic carbocycles. The van der Waals surface area contributed by atoms with Crippen LogP contribution in [-0.2, 0) is 0 Å². The molecule has 0 saturated carbocycles. The molecule has 0 radical (unpaired) electrons. The van der Waals surface area contributed by atoms with Crippen molar-refractivity contribution in [1.29, 1.82) is 0 Å². The van der Waals surface area contributed by atoms with Crippen molar-refractivity contribution in [1.82, 2.24) is 4.98 Å². The molecular weight excluding hydrogens is 320 g/mol. The molecule has 0 N–H and O–H groups in total. The normalized spacial score (nSPS) is 10.8. The number of halogens is 2. The summed E-state index contributed by atoms with van der Waals surface area (Å²) in [5.41, 5.74) is 1.67. The summed E-state index contributed by atoms with van der Waals surface area (Å²) in [5, 5.41) is 0.733. The number of fused-ring (bicyclic) bond motifs is 1. The molecule has 2 nitrogen and oxygen atoms in total. The minimum absolute atomic E-state index is 0.269. The Hall–Kier alpha value is -0.910. The fourth-order valence-electron chi connectivity index (χ4n) is 1.59. The van der Waals surface area contributed by atoms with Gasteiger partial charge in [-0.25, -0.2) is 4.39 Å². The van der Waals surface area contributed by atoms with Crippen molar-refractivity contribution >= 4 is 33.5 Å². The maximum atomic E-state index is 13.2. The van der Waals surface area contributed by atoms with E-state index in [0.29, 0.717) is 6.61 Å². The van der Waals surface area contributed by atoms with Crippen LogP contribution in [-0.4, -0.2) is 11.6 Å². The molecule has 84 valence electrons. The lowest BCUT2D eigenvalue weighted by Crippen LogP contribution is -1.99. The van der Waals surface area contributed by atoms with Crippen molar-refractivity contribution in [3.8, 4) is 5.75 Å². The molecule has 4 heteroatoms. The first kappa shape index (κ1) is 11.6. The van der Waals surface area contributed by atoms with E-state index in [9.17, 15) is 4.39 Å². The fraction of sp³-hybridized carbons (Fsp3) is 0.250. The van der Waals surface area contributed by atoms with E-state index in [1.54, 1.807) is 6.07 Å². The van der Waals surface area contributed by atoms with Crippen LogP contribution in [0.25, 0.3) is 10.9 Å². The second kappa shape index (κ2) is 4.53. The first-order valence-electron chi connectivity index (χ1n) is 5.01. The van der Waals surface area contributed by atoms with Crippen molar-refractivity contribution in [2.24, 2.45) is 0 Å². The van der Waals surface area contributed by atoms with Gasteiger partial charge in [-0.1, -0.05) is 0 Å². The molecule has 0 aliphatic rings. The van der Waals surface area contributed by atoms with E-state index >= 15 is 0 Å². The highest BCUT2D eigenvalue weighted by Crippen LogP contribution is 2.32. The number of hydrogen-bond donors (Lipinski definition) is 0.